The Bertz CT molecular complexity index is 2030. The Hall–Kier alpha value is -4.79. The quantitative estimate of drug-likeness (QED) is 0.0617. The van der Waals surface area contributed by atoms with Crippen molar-refractivity contribution < 1.29 is 29.0 Å². The van der Waals surface area contributed by atoms with E-state index in [2.05, 4.69) is 64.4 Å². The maximum atomic E-state index is 15.0. The Morgan fingerprint density at radius 1 is 0.893 bits per heavy atom. The van der Waals surface area contributed by atoms with Gasteiger partial charge < -0.3 is 19.5 Å². The molecule has 2 bridgehead atoms. The standard InChI is InChI=1S/C48H52N2O6/c1-31(51)55-43-24-21-35-27-40-38-22-23-39(47-48(38,45(35)46(43)56-47)25-26-49(40)29-36-28-42(36)53)50(44(54)20-12-11-19-41(52)34-17-9-4-10-18-34)30-37(32-13-5-2-6-14-32)33-15-7-3-8-16-33/h2-10,13-18,21,24,36-40,42,47,53H,11-12,19-20,22-23,25-30H2,1H3/t36?,38-,39-,40+,42?,47-,48-/m0/s1. The molecule has 1 saturated heterocycles. The Morgan fingerprint density at radius 2 is 1.55 bits per heavy atom. The van der Waals surface area contributed by atoms with Crippen molar-refractivity contribution in [2.75, 3.05) is 19.6 Å². The van der Waals surface area contributed by atoms with E-state index in [4.69, 9.17) is 9.47 Å². The van der Waals surface area contributed by atoms with E-state index >= 15 is 0 Å². The monoisotopic (exact) mass is 752 g/mol. The lowest BCUT2D eigenvalue weighted by molar-refractivity contribution is -0.143. The second kappa shape index (κ2) is 15.3. The van der Waals surface area contributed by atoms with E-state index in [1.54, 1.807) is 0 Å². The highest BCUT2D eigenvalue weighted by molar-refractivity contribution is 5.96. The SMILES string of the molecule is CC(=O)Oc1ccc2c3c1O[C@H]1[C@@H](N(CC(c4ccccc4)c4ccccc4)C(=O)CCCCC(=O)c4ccccc4)CC[C@H]4[C@@H](C2)N(CC2CC2O)CC[C@@]341. The van der Waals surface area contributed by atoms with Gasteiger partial charge in [0, 0.05) is 67.3 Å². The molecule has 8 heteroatoms. The van der Waals surface area contributed by atoms with Crippen molar-refractivity contribution in [3.63, 3.8) is 0 Å². The Kier molecular flexibility index (Phi) is 10.0. The summed E-state index contributed by atoms with van der Waals surface area (Å²) in [6.45, 7) is 3.73. The molecule has 4 aromatic carbocycles. The topological polar surface area (TPSA) is 96.4 Å². The van der Waals surface area contributed by atoms with Crippen LogP contribution < -0.4 is 9.47 Å². The Balaban J connectivity index is 1.07. The van der Waals surface area contributed by atoms with E-state index < -0.39 is 0 Å². The molecule has 56 heavy (non-hydrogen) atoms. The molecule has 290 valence electrons. The number of unbranched alkanes of at least 4 members (excludes halogenated alkanes) is 1. The van der Waals surface area contributed by atoms with Crippen LogP contribution >= 0.6 is 0 Å². The Labute approximate surface area is 329 Å². The summed E-state index contributed by atoms with van der Waals surface area (Å²) in [4.78, 5) is 45.1. The molecular weight excluding hydrogens is 701 g/mol. The van der Waals surface area contributed by atoms with Gasteiger partial charge in [-0.1, -0.05) is 97.1 Å². The molecule has 3 fully saturated rings. The lowest BCUT2D eigenvalue weighted by atomic mass is 9.51. The third-order valence-electron chi connectivity index (χ3n) is 13.6. The molecule has 2 unspecified atom stereocenters. The van der Waals surface area contributed by atoms with Crippen LogP contribution in [-0.2, 0) is 21.4 Å². The number of piperidine rings is 1. The number of benzene rings is 4. The predicted molar refractivity (Wildman–Crippen MR) is 214 cm³/mol. The van der Waals surface area contributed by atoms with Gasteiger partial charge in [0.15, 0.2) is 17.3 Å². The van der Waals surface area contributed by atoms with Crippen LogP contribution in [0.5, 0.6) is 11.5 Å². The zero-order valence-electron chi connectivity index (χ0n) is 32.2. The molecule has 1 spiro atoms. The number of likely N-dealkylation sites (tertiary alicyclic amines) is 1. The zero-order chi connectivity index (χ0) is 38.4. The number of Topliss-reactive ketones (excluding diaryl/α,β-unsaturated/α-hetero) is 1. The lowest BCUT2D eigenvalue weighted by Crippen LogP contribution is -2.69. The second-order valence-electron chi connectivity index (χ2n) is 16.8. The van der Waals surface area contributed by atoms with Gasteiger partial charge in [0.05, 0.1) is 12.1 Å². The van der Waals surface area contributed by atoms with Crippen LogP contribution in [0.2, 0.25) is 0 Å². The van der Waals surface area contributed by atoms with Gasteiger partial charge in [-0.2, -0.15) is 0 Å². The number of ketones is 1. The number of esters is 1. The maximum absolute atomic E-state index is 15.0. The predicted octanol–water partition coefficient (Wildman–Crippen LogP) is 7.50. The van der Waals surface area contributed by atoms with Crippen LogP contribution in [0.15, 0.2) is 103 Å². The Morgan fingerprint density at radius 3 is 2.21 bits per heavy atom. The minimum atomic E-state index is -0.382. The summed E-state index contributed by atoms with van der Waals surface area (Å²) in [7, 11) is 0. The van der Waals surface area contributed by atoms with Crippen molar-refractivity contribution in [2.24, 2.45) is 11.8 Å². The molecule has 4 aromatic rings. The van der Waals surface area contributed by atoms with Crippen molar-refractivity contribution in [3.8, 4) is 11.5 Å². The number of aliphatic hydroxyl groups is 1. The van der Waals surface area contributed by atoms with Crippen molar-refractivity contribution in [1.29, 1.82) is 0 Å². The van der Waals surface area contributed by atoms with E-state index in [-0.39, 0.29) is 47.2 Å². The van der Waals surface area contributed by atoms with E-state index in [9.17, 15) is 19.5 Å². The number of hydrogen-bond donors (Lipinski definition) is 1. The van der Waals surface area contributed by atoms with E-state index in [0.717, 1.165) is 56.3 Å². The normalized spacial score (nSPS) is 26.9. The van der Waals surface area contributed by atoms with Gasteiger partial charge in [0.25, 0.3) is 0 Å². The first kappa shape index (κ1) is 36.8. The van der Waals surface area contributed by atoms with Gasteiger partial charge >= 0.3 is 5.97 Å². The second-order valence-corrected chi connectivity index (χ2v) is 16.8. The van der Waals surface area contributed by atoms with Crippen LogP contribution in [0.1, 0.15) is 96.8 Å². The number of amides is 1. The minimum Gasteiger partial charge on any atom is -0.483 e. The largest absolute Gasteiger partial charge is 0.483 e. The number of hydrogen-bond acceptors (Lipinski definition) is 7. The molecule has 5 aliphatic rings. The van der Waals surface area contributed by atoms with Crippen molar-refractivity contribution >= 4 is 17.7 Å². The minimum absolute atomic E-state index is 0.0573. The molecule has 1 amide bonds. The maximum Gasteiger partial charge on any atom is 0.308 e. The molecule has 0 aromatic heterocycles. The lowest BCUT2D eigenvalue weighted by Gasteiger charge is -2.60. The highest BCUT2D eigenvalue weighted by atomic mass is 16.6. The van der Waals surface area contributed by atoms with Crippen LogP contribution in [0.25, 0.3) is 0 Å². The summed E-state index contributed by atoms with van der Waals surface area (Å²) in [5, 5.41) is 10.3. The number of rotatable bonds is 14. The molecule has 0 radical (unpaired) electrons. The zero-order valence-corrected chi connectivity index (χ0v) is 32.2. The summed E-state index contributed by atoms with van der Waals surface area (Å²) in [5.41, 5.74) is 5.11. The van der Waals surface area contributed by atoms with Gasteiger partial charge in [0.2, 0.25) is 5.91 Å². The van der Waals surface area contributed by atoms with Gasteiger partial charge in [-0.3, -0.25) is 19.3 Å². The van der Waals surface area contributed by atoms with Gasteiger partial charge in [-0.05, 0) is 80.2 Å². The average molecular weight is 753 g/mol. The van der Waals surface area contributed by atoms with Crippen molar-refractivity contribution in [2.45, 2.75) is 100 Å². The smallest absolute Gasteiger partial charge is 0.308 e. The fourth-order valence-electron chi connectivity index (χ4n) is 11.0. The number of carbonyl (C=O) groups excluding carboxylic acids is 3. The van der Waals surface area contributed by atoms with Gasteiger partial charge in [-0.15, -0.1) is 0 Å². The number of carbonyl (C=O) groups is 3. The first-order valence-electron chi connectivity index (χ1n) is 20.7. The van der Waals surface area contributed by atoms with Gasteiger partial charge in [-0.25, -0.2) is 0 Å². The number of ether oxygens (including phenoxy) is 2. The van der Waals surface area contributed by atoms with Crippen LogP contribution in [0.4, 0.5) is 0 Å². The number of aliphatic hydroxyl groups excluding tert-OH is 1. The summed E-state index contributed by atoms with van der Waals surface area (Å²) in [6.07, 6.45) is 5.90. The molecule has 1 N–H and O–H groups in total. The van der Waals surface area contributed by atoms with Gasteiger partial charge in [0.1, 0.15) is 6.10 Å². The highest BCUT2D eigenvalue weighted by Gasteiger charge is 2.67. The molecule has 7 atom stereocenters. The van der Waals surface area contributed by atoms with E-state index in [1.165, 1.54) is 18.1 Å². The molecule has 9 rings (SSSR count). The molecule has 3 aliphatic carbocycles. The summed E-state index contributed by atoms with van der Waals surface area (Å²) < 4.78 is 13.1. The first-order valence-corrected chi connectivity index (χ1v) is 20.7. The molecule has 2 heterocycles. The fourth-order valence-corrected chi connectivity index (χ4v) is 11.0. The van der Waals surface area contributed by atoms with E-state index in [0.29, 0.717) is 67.2 Å². The average Bonchev–Trinajstić information content (AvgIpc) is 3.80. The van der Waals surface area contributed by atoms with Crippen LogP contribution in [-0.4, -0.2) is 76.5 Å². The third kappa shape index (κ3) is 6.75. The third-order valence-corrected chi connectivity index (χ3v) is 13.6. The molecular formula is C48H52N2O6. The summed E-state index contributed by atoms with van der Waals surface area (Å²) in [5.74, 6) is 1.54. The fraction of sp³-hybridized carbons (Fsp3) is 0.438. The van der Waals surface area contributed by atoms with Crippen molar-refractivity contribution in [1.82, 2.24) is 9.80 Å². The summed E-state index contributed by atoms with van der Waals surface area (Å²) >= 11 is 0. The van der Waals surface area contributed by atoms with E-state index in [1.807, 2.05) is 48.5 Å². The molecule has 2 saturated carbocycles. The van der Waals surface area contributed by atoms with Crippen molar-refractivity contribution in [3.05, 3.63) is 131 Å². The number of nitrogens with zero attached hydrogens (tertiary/aromatic N) is 2. The summed E-state index contributed by atoms with van der Waals surface area (Å²) in [6, 6.07) is 34.5. The highest BCUT2D eigenvalue weighted by Crippen LogP contribution is 2.64. The first-order chi connectivity index (χ1) is 27.3. The molecule has 8 nitrogen and oxygen atoms in total. The van der Waals surface area contributed by atoms with Crippen LogP contribution in [0.3, 0.4) is 0 Å². The molecule has 2 aliphatic heterocycles. The van der Waals surface area contributed by atoms with Crippen LogP contribution in [0, 0.1) is 11.8 Å².